The van der Waals surface area contributed by atoms with Gasteiger partial charge < -0.3 is 52.6 Å². The van der Waals surface area contributed by atoms with E-state index in [2.05, 4.69) is 81.2 Å². The third-order valence-corrected chi connectivity index (χ3v) is 17.1. The van der Waals surface area contributed by atoms with Gasteiger partial charge in [-0.3, -0.25) is 38.4 Å². The number of rotatable bonds is 56. The predicted octanol–water partition coefficient (Wildman–Crippen LogP) is 10.1. The number of nitrogens with zero attached hydrogens (tertiary/aromatic N) is 3. The molecule has 0 saturated heterocycles. The van der Waals surface area contributed by atoms with Crippen molar-refractivity contribution in [3.05, 3.63) is 48.6 Å². The molecule has 0 fully saturated rings. The Morgan fingerprint density at radius 2 is 0.547 bits per heavy atom. The summed E-state index contributed by atoms with van der Waals surface area (Å²) in [4.78, 5) is 107. The molecule has 4 unspecified atom stereocenters. The Morgan fingerprint density at radius 1 is 0.326 bits per heavy atom. The first kappa shape index (κ1) is 82.0. The summed E-state index contributed by atoms with van der Waals surface area (Å²) < 4.78 is 42.9. The van der Waals surface area contributed by atoms with Crippen LogP contribution in [0.1, 0.15) is 145 Å². The van der Waals surface area contributed by atoms with Crippen molar-refractivity contribution in [2.24, 2.45) is 0 Å². The average molecular weight is 1290 g/mol. The van der Waals surface area contributed by atoms with Gasteiger partial charge in [0.2, 0.25) is 0 Å². The first-order chi connectivity index (χ1) is 41.5. The number of hydrogen-bond acceptors (Lipinski definition) is 23. The molecule has 0 heterocycles. The van der Waals surface area contributed by atoms with Crippen molar-refractivity contribution in [1.82, 2.24) is 14.7 Å². The van der Waals surface area contributed by atoms with Crippen LogP contribution >= 0.6 is 47.0 Å². The SMILES string of the molecule is CC/C=C\CCSC(C)C(=O)OCCOC(=O)CCN(CCCN(C)CCCN(CCC(=O)OCCOC(=O)C(C)SCC/C=C\CC)CCC(=O)OCCOC(=O)C(C)SCC/C=C\CC)CCC(=O)OCCOC(=O)C(C)SCC/C=C\CC. The maximum Gasteiger partial charge on any atom is 0.318 e. The molecule has 4 atom stereocenters. The van der Waals surface area contributed by atoms with Crippen LogP contribution in [-0.4, -0.2) is 219 Å². The number of carbonyl (C=O) groups excluding carboxylic acids is 8. The second kappa shape index (κ2) is 57.4. The fraction of sp³-hybridized carbons (Fsp3) is 0.746. The monoisotopic (exact) mass is 1290 g/mol. The molecule has 0 aromatic heterocycles. The minimum atomic E-state index is -0.465. The van der Waals surface area contributed by atoms with Crippen LogP contribution in [-0.2, 0) is 76.3 Å². The molecule has 494 valence electrons. The molecule has 0 aliphatic carbocycles. The van der Waals surface area contributed by atoms with Crippen molar-refractivity contribution in [2.45, 2.75) is 166 Å². The van der Waals surface area contributed by atoms with E-state index in [0.29, 0.717) is 65.2 Å². The average Bonchev–Trinajstić information content (AvgIpc) is 3.51. The van der Waals surface area contributed by atoms with Gasteiger partial charge in [-0.2, -0.15) is 0 Å². The maximum absolute atomic E-state index is 12.9. The van der Waals surface area contributed by atoms with Gasteiger partial charge in [-0.25, -0.2) is 0 Å². The molecule has 0 bridgehead atoms. The van der Waals surface area contributed by atoms with E-state index in [0.717, 1.165) is 74.4 Å². The molecule has 19 nitrogen and oxygen atoms in total. The number of esters is 8. The Labute approximate surface area is 533 Å². The lowest BCUT2D eigenvalue weighted by Crippen LogP contribution is -2.34. The van der Waals surface area contributed by atoms with Gasteiger partial charge >= 0.3 is 47.8 Å². The lowest BCUT2D eigenvalue weighted by molar-refractivity contribution is -0.152. The second-order valence-electron chi connectivity index (χ2n) is 20.0. The Balaban J connectivity index is 5.49. The zero-order valence-electron chi connectivity index (χ0n) is 53.5. The summed E-state index contributed by atoms with van der Waals surface area (Å²) in [5.74, 6) is -0.135. The molecule has 0 rings (SSSR count). The van der Waals surface area contributed by atoms with Crippen LogP contribution in [0.25, 0.3) is 0 Å². The lowest BCUT2D eigenvalue weighted by atomic mass is 10.2. The third kappa shape index (κ3) is 49.9. The molecular weight excluding hydrogens is 1180 g/mol. The normalized spacial score (nSPS) is 13.2. The molecule has 0 saturated carbocycles. The minimum absolute atomic E-state index is 0.0432. The highest BCUT2D eigenvalue weighted by Crippen LogP contribution is 2.17. The van der Waals surface area contributed by atoms with Crippen LogP contribution in [0.15, 0.2) is 48.6 Å². The van der Waals surface area contributed by atoms with Crippen LogP contribution in [0.2, 0.25) is 0 Å². The topological polar surface area (TPSA) is 220 Å². The van der Waals surface area contributed by atoms with E-state index in [1.807, 2.05) is 16.8 Å². The molecular formula is C63H107N3O16S4. The number of carbonyl (C=O) groups is 8. The van der Waals surface area contributed by atoms with Gasteiger partial charge in [0.05, 0.1) is 46.7 Å². The Morgan fingerprint density at radius 3 is 0.767 bits per heavy atom. The van der Waals surface area contributed by atoms with Gasteiger partial charge in [-0.05, 0) is 148 Å². The highest BCUT2D eigenvalue weighted by atomic mass is 32.2. The van der Waals surface area contributed by atoms with E-state index < -0.39 is 23.9 Å². The first-order valence-electron chi connectivity index (χ1n) is 31.0. The highest BCUT2D eigenvalue weighted by molar-refractivity contribution is 8.01. The van der Waals surface area contributed by atoms with Gasteiger partial charge in [0.25, 0.3) is 0 Å². The first-order valence-corrected chi connectivity index (χ1v) is 35.2. The maximum atomic E-state index is 12.9. The van der Waals surface area contributed by atoms with E-state index in [1.165, 1.54) is 47.0 Å². The second-order valence-corrected chi connectivity index (χ2v) is 25.8. The molecule has 0 aliphatic rings. The summed E-state index contributed by atoms with van der Waals surface area (Å²) in [6, 6.07) is 0. The van der Waals surface area contributed by atoms with E-state index in [-0.39, 0.29) is 123 Å². The van der Waals surface area contributed by atoms with Gasteiger partial charge in [-0.1, -0.05) is 76.3 Å². The summed E-state index contributed by atoms with van der Waals surface area (Å²) in [5.41, 5.74) is 0. The van der Waals surface area contributed by atoms with E-state index in [9.17, 15) is 38.4 Å². The minimum Gasteiger partial charge on any atom is -0.462 e. The summed E-state index contributed by atoms with van der Waals surface area (Å²) in [7, 11) is 1.99. The van der Waals surface area contributed by atoms with Gasteiger partial charge in [0.1, 0.15) is 52.9 Å². The molecule has 0 radical (unpaired) electrons. The lowest BCUT2D eigenvalue weighted by Gasteiger charge is -2.25. The van der Waals surface area contributed by atoms with Crippen LogP contribution in [0.4, 0.5) is 0 Å². The van der Waals surface area contributed by atoms with Crippen molar-refractivity contribution in [3.63, 3.8) is 0 Å². The van der Waals surface area contributed by atoms with Crippen LogP contribution in [0.3, 0.4) is 0 Å². The molecule has 0 aromatic carbocycles. The number of hydrogen-bond donors (Lipinski definition) is 0. The zero-order chi connectivity index (χ0) is 63.8. The zero-order valence-corrected chi connectivity index (χ0v) is 56.7. The Bertz CT molecular complexity index is 1700. The van der Waals surface area contributed by atoms with E-state index in [4.69, 9.17) is 37.9 Å². The highest BCUT2D eigenvalue weighted by Gasteiger charge is 2.20. The molecule has 0 spiro atoms. The summed E-state index contributed by atoms with van der Waals surface area (Å²) in [6.07, 6.45) is 25.6. The van der Waals surface area contributed by atoms with Crippen molar-refractivity contribution in [2.75, 3.05) is 135 Å². The van der Waals surface area contributed by atoms with Crippen LogP contribution < -0.4 is 0 Å². The fourth-order valence-corrected chi connectivity index (χ4v) is 10.8. The fourth-order valence-electron chi connectivity index (χ4n) is 7.52. The molecule has 0 N–H and O–H groups in total. The van der Waals surface area contributed by atoms with Crippen molar-refractivity contribution >= 4 is 94.8 Å². The van der Waals surface area contributed by atoms with Crippen molar-refractivity contribution < 1.29 is 76.3 Å². The van der Waals surface area contributed by atoms with Crippen LogP contribution in [0, 0.1) is 0 Å². The van der Waals surface area contributed by atoms with Crippen molar-refractivity contribution in [3.8, 4) is 0 Å². The largest absolute Gasteiger partial charge is 0.462 e. The van der Waals surface area contributed by atoms with Crippen LogP contribution in [0.5, 0.6) is 0 Å². The molecule has 0 aromatic rings. The quantitative estimate of drug-likeness (QED) is 0.0239. The molecule has 23 heteroatoms. The third-order valence-electron chi connectivity index (χ3n) is 12.5. The standard InChI is InChI=1S/C63H107N3O16S4/c1-10-14-18-22-48-83-52(5)60(71)79-44-40-75-56(67)28-36-65(37-29-57(68)76-41-45-80-61(72)53(6)84-49-23-19-15-11-2)34-26-32-64(9)33-27-35-66(38-30-58(69)77-42-46-81-62(73)54(7)85-50-24-20-16-12-3)39-31-59(70)78-43-47-82-63(74)55(8)86-51-25-21-17-13-4/h14-21,52-55H,10-13,22-51H2,1-9H3/b18-14-,19-15-,20-16-,21-17-. The van der Waals surface area contributed by atoms with Gasteiger partial charge in [0, 0.05) is 26.2 Å². The Hall–Kier alpha value is -4.00. The molecule has 0 aliphatic heterocycles. The smallest absolute Gasteiger partial charge is 0.318 e. The summed E-state index contributed by atoms with van der Waals surface area (Å²) in [6.45, 7) is 18.6. The van der Waals surface area contributed by atoms with Crippen molar-refractivity contribution in [1.29, 1.82) is 0 Å². The predicted molar refractivity (Wildman–Crippen MR) is 350 cm³/mol. The summed E-state index contributed by atoms with van der Waals surface area (Å²) in [5, 5.41) is -1.37. The number of ether oxygens (including phenoxy) is 8. The van der Waals surface area contributed by atoms with E-state index in [1.54, 1.807) is 27.7 Å². The number of thioether (sulfide) groups is 4. The molecule has 86 heavy (non-hydrogen) atoms. The summed E-state index contributed by atoms with van der Waals surface area (Å²) >= 11 is 6.03. The van der Waals surface area contributed by atoms with E-state index >= 15 is 0 Å². The van der Waals surface area contributed by atoms with Gasteiger partial charge in [-0.15, -0.1) is 47.0 Å². The van der Waals surface area contributed by atoms with Gasteiger partial charge in [0.15, 0.2) is 0 Å². The Kier molecular flexibility index (Phi) is 54.8. The number of allylic oxidation sites excluding steroid dienone is 8. The molecule has 0 amide bonds.